The maximum Gasteiger partial charge on any atom is 0.261 e. The van der Waals surface area contributed by atoms with Crippen molar-refractivity contribution in [3.8, 4) is 22.3 Å². The van der Waals surface area contributed by atoms with Crippen molar-refractivity contribution in [3.63, 3.8) is 0 Å². The Bertz CT molecular complexity index is 964. The van der Waals surface area contributed by atoms with E-state index in [2.05, 4.69) is 5.32 Å². The number of anilines is 1. The minimum absolute atomic E-state index is 0.264. The number of amides is 2. The van der Waals surface area contributed by atoms with Gasteiger partial charge in [0.05, 0.1) is 16.8 Å². The van der Waals surface area contributed by atoms with Gasteiger partial charge in [-0.2, -0.15) is 0 Å². The van der Waals surface area contributed by atoms with Crippen molar-refractivity contribution in [1.29, 1.82) is 0 Å². The second-order valence-electron chi connectivity index (χ2n) is 5.65. The summed E-state index contributed by atoms with van der Waals surface area (Å²) in [6.45, 7) is 0. The van der Waals surface area contributed by atoms with E-state index in [0.717, 1.165) is 16.7 Å². The molecule has 0 spiro atoms. The first-order chi connectivity index (χ1) is 11.7. The number of nitrogens with one attached hydrogen (secondary N) is 1. The molecule has 0 aliphatic carbocycles. The van der Waals surface area contributed by atoms with Crippen LogP contribution < -0.4 is 11.1 Å². The Morgan fingerprint density at radius 3 is 1.75 bits per heavy atom. The maximum atomic E-state index is 12.3. The summed E-state index contributed by atoms with van der Waals surface area (Å²) in [6.07, 6.45) is 0. The molecule has 1 heterocycles. The van der Waals surface area contributed by atoms with Crippen LogP contribution in [0.5, 0.6) is 0 Å². The highest BCUT2D eigenvalue weighted by Gasteiger charge is 2.33. The average molecular weight is 314 g/mol. The average Bonchev–Trinajstić information content (AvgIpc) is 2.92. The first-order valence-electron chi connectivity index (χ1n) is 7.60. The lowest BCUT2D eigenvalue weighted by Gasteiger charge is -2.14. The van der Waals surface area contributed by atoms with Crippen LogP contribution in [0.1, 0.15) is 20.7 Å². The van der Waals surface area contributed by atoms with Crippen LogP contribution in [-0.4, -0.2) is 11.8 Å². The molecule has 0 saturated carbocycles. The van der Waals surface area contributed by atoms with Gasteiger partial charge in [0.15, 0.2) is 0 Å². The van der Waals surface area contributed by atoms with Crippen LogP contribution in [0.4, 0.5) is 5.69 Å². The number of fused-ring (bicyclic) bond motifs is 1. The van der Waals surface area contributed by atoms with Crippen LogP contribution in [0.15, 0.2) is 66.7 Å². The van der Waals surface area contributed by atoms with E-state index in [0.29, 0.717) is 16.8 Å². The highest BCUT2D eigenvalue weighted by molar-refractivity contribution is 6.27. The van der Waals surface area contributed by atoms with Crippen LogP contribution >= 0.6 is 0 Å². The van der Waals surface area contributed by atoms with Crippen molar-refractivity contribution in [1.82, 2.24) is 5.32 Å². The fraction of sp³-hybridized carbons (Fsp3) is 0. The molecule has 0 bridgehead atoms. The van der Waals surface area contributed by atoms with E-state index < -0.39 is 11.8 Å². The number of carbonyl (C=O) groups excluding carboxylic acids is 2. The zero-order valence-corrected chi connectivity index (χ0v) is 12.7. The predicted molar refractivity (Wildman–Crippen MR) is 93.5 cm³/mol. The number of rotatable bonds is 2. The third-order valence-electron chi connectivity index (χ3n) is 4.22. The molecule has 0 aromatic heterocycles. The van der Waals surface area contributed by atoms with Gasteiger partial charge < -0.3 is 5.73 Å². The first kappa shape index (κ1) is 14.2. The Hall–Kier alpha value is -3.40. The highest BCUT2D eigenvalue weighted by atomic mass is 16.2. The van der Waals surface area contributed by atoms with Crippen LogP contribution in [0, 0.1) is 0 Å². The van der Waals surface area contributed by atoms with Crippen LogP contribution in [0.3, 0.4) is 0 Å². The third kappa shape index (κ3) is 2.08. The molecule has 0 unspecified atom stereocenters. The Kier molecular flexibility index (Phi) is 3.17. The lowest BCUT2D eigenvalue weighted by Crippen LogP contribution is -2.20. The molecule has 3 aromatic rings. The standard InChI is InChI=1S/C20H14N2O2/c21-18-15(13-9-5-2-6-10-13)11-14(12-7-3-1-4-8-12)16-17(18)20(24)22-19(16)23/h1-11H,21H2,(H,22,23,24). The number of imide groups is 1. The van der Waals surface area contributed by atoms with Crippen molar-refractivity contribution in [3.05, 3.63) is 77.9 Å². The zero-order valence-electron chi connectivity index (χ0n) is 12.7. The minimum Gasteiger partial charge on any atom is -0.398 e. The zero-order chi connectivity index (χ0) is 16.7. The summed E-state index contributed by atoms with van der Waals surface area (Å²) >= 11 is 0. The molecule has 2 amide bonds. The predicted octanol–water partition coefficient (Wildman–Crippen LogP) is 3.49. The molecule has 3 N–H and O–H groups in total. The first-order valence-corrected chi connectivity index (χ1v) is 7.60. The fourth-order valence-electron chi connectivity index (χ4n) is 3.10. The molecule has 1 aliphatic heterocycles. The van der Waals surface area contributed by atoms with E-state index in [-0.39, 0.29) is 5.56 Å². The summed E-state index contributed by atoms with van der Waals surface area (Å²) in [4.78, 5) is 24.5. The van der Waals surface area contributed by atoms with Crippen molar-refractivity contribution < 1.29 is 9.59 Å². The van der Waals surface area contributed by atoms with E-state index in [9.17, 15) is 9.59 Å². The van der Waals surface area contributed by atoms with Gasteiger partial charge in [0, 0.05) is 5.56 Å². The molecule has 0 fully saturated rings. The monoisotopic (exact) mass is 314 g/mol. The highest BCUT2D eigenvalue weighted by Crippen LogP contribution is 2.39. The Morgan fingerprint density at radius 1 is 0.667 bits per heavy atom. The molecule has 3 aromatic carbocycles. The largest absolute Gasteiger partial charge is 0.398 e. The smallest absolute Gasteiger partial charge is 0.261 e. The van der Waals surface area contributed by atoms with E-state index in [1.165, 1.54) is 0 Å². The summed E-state index contributed by atoms with van der Waals surface area (Å²) in [5, 5.41) is 2.35. The summed E-state index contributed by atoms with van der Waals surface area (Å²) < 4.78 is 0. The van der Waals surface area contributed by atoms with Gasteiger partial charge in [-0.1, -0.05) is 60.7 Å². The molecule has 4 rings (SSSR count). The molecule has 4 heteroatoms. The normalized spacial score (nSPS) is 12.8. The Balaban J connectivity index is 2.07. The molecule has 0 atom stereocenters. The number of nitrogen functional groups attached to an aromatic ring is 1. The number of hydrogen-bond donors (Lipinski definition) is 2. The number of benzene rings is 3. The van der Waals surface area contributed by atoms with Gasteiger partial charge in [-0.15, -0.1) is 0 Å². The lowest BCUT2D eigenvalue weighted by molar-refractivity contribution is 0.0880. The van der Waals surface area contributed by atoms with Gasteiger partial charge in [-0.3, -0.25) is 14.9 Å². The molecule has 0 radical (unpaired) electrons. The molecule has 24 heavy (non-hydrogen) atoms. The van der Waals surface area contributed by atoms with E-state index in [1.54, 1.807) is 0 Å². The summed E-state index contributed by atoms with van der Waals surface area (Å²) in [5.74, 6) is -0.845. The summed E-state index contributed by atoms with van der Waals surface area (Å²) in [6, 6.07) is 21.0. The quantitative estimate of drug-likeness (QED) is 0.562. The molecular weight excluding hydrogens is 300 g/mol. The number of nitrogens with two attached hydrogens (primary N) is 1. The minimum atomic E-state index is -0.442. The van der Waals surface area contributed by atoms with Crippen molar-refractivity contribution in [2.45, 2.75) is 0 Å². The molecular formula is C20H14N2O2. The third-order valence-corrected chi connectivity index (χ3v) is 4.22. The second-order valence-corrected chi connectivity index (χ2v) is 5.65. The number of carbonyl (C=O) groups is 2. The van der Waals surface area contributed by atoms with Crippen LogP contribution in [0.2, 0.25) is 0 Å². The van der Waals surface area contributed by atoms with Crippen molar-refractivity contribution in [2.75, 3.05) is 5.73 Å². The Labute approximate surface area is 138 Å². The fourth-order valence-corrected chi connectivity index (χ4v) is 3.10. The topological polar surface area (TPSA) is 72.2 Å². The van der Waals surface area contributed by atoms with Gasteiger partial charge in [0.25, 0.3) is 11.8 Å². The van der Waals surface area contributed by atoms with E-state index in [4.69, 9.17) is 5.73 Å². The molecule has 116 valence electrons. The van der Waals surface area contributed by atoms with E-state index >= 15 is 0 Å². The molecule has 0 saturated heterocycles. The maximum absolute atomic E-state index is 12.3. The summed E-state index contributed by atoms with van der Waals surface area (Å²) in [7, 11) is 0. The lowest BCUT2D eigenvalue weighted by atomic mass is 9.90. The Morgan fingerprint density at radius 2 is 1.17 bits per heavy atom. The molecule has 4 nitrogen and oxygen atoms in total. The van der Waals surface area contributed by atoms with E-state index in [1.807, 2.05) is 66.7 Å². The second kappa shape index (κ2) is 5.35. The van der Waals surface area contributed by atoms with Crippen molar-refractivity contribution in [2.24, 2.45) is 0 Å². The van der Waals surface area contributed by atoms with Gasteiger partial charge in [0.1, 0.15) is 0 Å². The van der Waals surface area contributed by atoms with Crippen LogP contribution in [0.25, 0.3) is 22.3 Å². The van der Waals surface area contributed by atoms with Gasteiger partial charge in [-0.25, -0.2) is 0 Å². The van der Waals surface area contributed by atoms with Crippen LogP contribution in [-0.2, 0) is 0 Å². The summed E-state index contributed by atoms with van der Waals surface area (Å²) in [5.41, 5.74) is 10.4. The van der Waals surface area contributed by atoms with Gasteiger partial charge >= 0.3 is 0 Å². The number of hydrogen-bond acceptors (Lipinski definition) is 3. The SMILES string of the molecule is Nc1c(-c2ccccc2)cc(-c2ccccc2)c2c1C(=O)NC2=O. The van der Waals surface area contributed by atoms with Gasteiger partial charge in [0.2, 0.25) is 0 Å². The van der Waals surface area contributed by atoms with Gasteiger partial charge in [-0.05, 0) is 22.8 Å². The molecule has 1 aliphatic rings. The van der Waals surface area contributed by atoms with Crippen molar-refractivity contribution >= 4 is 17.5 Å².